The number of nitrogens with zero attached hydrogens (tertiary/aromatic N) is 1. The van der Waals surface area contributed by atoms with Gasteiger partial charge in [0.1, 0.15) is 0 Å². The monoisotopic (exact) mass is 218 g/mol. The smallest absolute Gasteiger partial charge is 0.0630 e. The Morgan fingerprint density at radius 1 is 1.64 bits per heavy atom. The molecule has 0 radical (unpaired) electrons. The molecule has 1 saturated heterocycles. The number of likely N-dealkylation sites (N-methyl/N-ethyl adjacent to an activating group) is 1. The standard InChI is InChI=1S/C10H22N2OS/c1-9-7-12(4-5-14-9)10(6-11-2)8-13-3/h9-11H,4-8H2,1-3H3. The Morgan fingerprint density at radius 2 is 2.43 bits per heavy atom. The predicted molar refractivity (Wildman–Crippen MR) is 63.1 cm³/mol. The van der Waals surface area contributed by atoms with Crippen LogP contribution in [0.1, 0.15) is 6.92 Å². The third-order valence-corrected chi connectivity index (χ3v) is 3.72. The van der Waals surface area contributed by atoms with Crippen LogP contribution in [0.3, 0.4) is 0 Å². The van der Waals surface area contributed by atoms with E-state index < -0.39 is 0 Å². The third kappa shape index (κ3) is 3.77. The van der Waals surface area contributed by atoms with Crippen LogP contribution in [0.2, 0.25) is 0 Å². The van der Waals surface area contributed by atoms with Crippen molar-refractivity contribution in [3.63, 3.8) is 0 Å². The molecule has 1 heterocycles. The van der Waals surface area contributed by atoms with Gasteiger partial charge in [-0.25, -0.2) is 0 Å². The first-order valence-corrected chi connectivity index (χ1v) is 6.32. The van der Waals surface area contributed by atoms with Crippen LogP contribution in [-0.4, -0.2) is 62.3 Å². The van der Waals surface area contributed by atoms with Crippen molar-refractivity contribution in [1.82, 2.24) is 10.2 Å². The number of ether oxygens (including phenoxy) is 1. The molecule has 84 valence electrons. The molecule has 1 aliphatic rings. The van der Waals surface area contributed by atoms with Crippen molar-refractivity contribution in [2.24, 2.45) is 0 Å². The number of hydrogen-bond donors (Lipinski definition) is 1. The summed E-state index contributed by atoms with van der Waals surface area (Å²) in [7, 11) is 3.79. The number of thioether (sulfide) groups is 1. The molecule has 1 N–H and O–H groups in total. The molecule has 0 aliphatic carbocycles. The van der Waals surface area contributed by atoms with E-state index in [9.17, 15) is 0 Å². The fourth-order valence-electron chi connectivity index (χ4n) is 1.90. The minimum atomic E-state index is 0.536. The average molecular weight is 218 g/mol. The Morgan fingerprint density at radius 3 is 3.00 bits per heavy atom. The molecule has 0 saturated carbocycles. The molecule has 0 aromatic rings. The molecule has 3 nitrogen and oxygen atoms in total. The van der Waals surface area contributed by atoms with E-state index in [-0.39, 0.29) is 0 Å². The summed E-state index contributed by atoms with van der Waals surface area (Å²) in [5.74, 6) is 1.26. The molecule has 2 unspecified atom stereocenters. The Labute approximate surface area is 91.6 Å². The predicted octanol–water partition coefficient (Wildman–Crippen LogP) is 0.658. The van der Waals surface area contributed by atoms with Crippen molar-refractivity contribution >= 4 is 11.8 Å². The highest BCUT2D eigenvalue weighted by molar-refractivity contribution is 7.99. The highest BCUT2D eigenvalue weighted by atomic mass is 32.2. The van der Waals surface area contributed by atoms with Gasteiger partial charge in [-0.15, -0.1) is 0 Å². The molecule has 0 spiro atoms. The number of rotatable bonds is 5. The first kappa shape index (κ1) is 12.3. The Hall–Kier alpha value is 0.230. The van der Waals surface area contributed by atoms with Crippen LogP contribution >= 0.6 is 11.8 Å². The molecular formula is C10H22N2OS. The van der Waals surface area contributed by atoms with E-state index in [0.717, 1.165) is 18.4 Å². The maximum absolute atomic E-state index is 5.26. The van der Waals surface area contributed by atoms with Crippen molar-refractivity contribution in [3.8, 4) is 0 Å². The van der Waals surface area contributed by atoms with Gasteiger partial charge in [-0.05, 0) is 7.05 Å². The second kappa shape index (κ2) is 6.67. The van der Waals surface area contributed by atoms with Crippen LogP contribution in [0.5, 0.6) is 0 Å². The molecule has 1 fully saturated rings. The lowest BCUT2D eigenvalue weighted by molar-refractivity contribution is 0.0930. The average Bonchev–Trinajstić information content (AvgIpc) is 2.17. The second-order valence-corrected chi connectivity index (χ2v) is 5.39. The molecule has 0 aromatic heterocycles. The summed E-state index contributed by atoms with van der Waals surface area (Å²) >= 11 is 2.07. The van der Waals surface area contributed by atoms with Crippen molar-refractivity contribution in [3.05, 3.63) is 0 Å². The zero-order valence-electron chi connectivity index (χ0n) is 9.45. The molecule has 0 amide bonds. The normalized spacial score (nSPS) is 26.4. The number of methoxy groups -OCH3 is 1. The minimum Gasteiger partial charge on any atom is -0.383 e. The van der Waals surface area contributed by atoms with Crippen molar-refractivity contribution in [2.75, 3.05) is 46.2 Å². The van der Waals surface area contributed by atoms with Gasteiger partial charge in [0, 0.05) is 43.8 Å². The van der Waals surface area contributed by atoms with Crippen LogP contribution in [0.4, 0.5) is 0 Å². The van der Waals surface area contributed by atoms with Crippen LogP contribution in [-0.2, 0) is 4.74 Å². The fourth-order valence-corrected chi connectivity index (χ4v) is 2.94. The topological polar surface area (TPSA) is 24.5 Å². The molecular weight excluding hydrogens is 196 g/mol. The van der Waals surface area contributed by atoms with Gasteiger partial charge in [0.15, 0.2) is 0 Å². The zero-order valence-corrected chi connectivity index (χ0v) is 10.3. The summed E-state index contributed by atoms with van der Waals surface area (Å²) < 4.78 is 5.26. The maximum Gasteiger partial charge on any atom is 0.0630 e. The molecule has 14 heavy (non-hydrogen) atoms. The summed E-state index contributed by atoms with van der Waals surface area (Å²) in [6.07, 6.45) is 0. The fraction of sp³-hybridized carbons (Fsp3) is 1.00. The Kier molecular flexibility index (Phi) is 5.86. The van der Waals surface area contributed by atoms with Gasteiger partial charge < -0.3 is 10.1 Å². The molecule has 0 aromatic carbocycles. The summed E-state index contributed by atoms with van der Waals surface area (Å²) in [5.41, 5.74) is 0. The summed E-state index contributed by atoms with van der Waals surface area (Å²) in [4.78, 5) is 2.54. The Bertz CT molecular complexity index is 148. The zero-order chi connectivity index (χ0) is 10.4. The van der Waals surface area contributed by atoms with Gasteiger partial charge in [0.2, 0.25) is 0 Å². The SMILES string of the molecule is CNCC(COC)N1CCSC(C)C1. The van der Waals surface area contributed by atoms with Gasteiger partial charge in [-0.3, -0.25) is 4.90 Å². The first-order chi connectivity index (χ1) is 6.77. The van der Waals surface area contributed by atoms with E-state index in [1.54, 1.807) is 7.11 Å². The van der Waals surface area contributed by atoms with Gasteiger partial charge in [0.25, 0.3) is 0 Å². The lowest BCUT2D eigenvalue weighted by Crippen LogP contribution is -2.49. The summed E-state index contributed by atoms with van der Waals surface area (Å²) in [5, 5.41) is 4.00. The van der Waals surface area contributed by atoms with E-state index in [1.807, 2.05) is 7.05 Å². The molecule has 2 atom stereocenters. The molecule has 1 aliphatic heterocycles. The number of nitrogens with one attached hydrogen (secondary N) is 1. The van der Waals surface area contributed by atoms with Crippen LogP contribution in [0.25, 0.3) is 0 Å². The van der Waals surface area contributed by atoms with Crippen LogP contribution < -0.4 is 5.32 Å². The van der Waals surface area contributed by atoms with E-state index in [2.05, 4.69) is 28.9 Å². The molecule has 1 rings (SSSR count). The summed E-state index contributed by atoms with van der Waals surface area (Å²) in [6, 6.07) is 0.536. The third-order valence-electron chi connectivity index (χ3n) is 2.59. The van der Waals surface area contributed by atoms with Crippen molar-refractivity contribution in [1.29, 1.82) is 0 Å². The second-order valence-electron chi connectivity index (χ2n) is 3.84. The van der Waals surface area contributed by atoms with Gasteiger partial charge in [-0.2, -0.15) is 11.8 Å². The van der Waals surface area contributed by atoms with E-state index >= 15 is 0 Å². The van der Waals surface area contributed by atoms with Gasteiger partial charge >= 0.3 is 0 Å². The lowest BCUT2D eigenvalue weighted by atomic mass is 10.2. The highest BCUT2D eigenvalue weighted by Gasteiger charge is 2.23. The Balaban J connectivity index is 2.39. The first-order valence-electron chi connectivity index (χ1n) is 5.27. The molecule has 4 heteroatoms. The largest absolute Gasteiger partial charge is 0.383 e. The van der Waals surface area contributed by atoms with Crippen LogP contribution in [0, 0.1) is 0 Å². The number of hydrogen-bond acceptors (Lipinski definition) is 4. The minimum absolute atomic E-state index is 0.536. The van der Waals surface area contributed by atoms with E-state index in [0.29, 0.717) is 6.04 Å². The maximum atomic E-state index is 5.26. The van der Waals surface area contributed by atoms with E-state index in [4.69, 9.17) is 4.74 Å². The van der Waals surface area contributed by atoms with Gasteiger partial charge in [0.05, 0.1) is 6.61 Å². The molecule has 0 bridgehead atoms. The highest BCUT2D eigenvalue weighted by Crippen LogP contribution is 2.19. The quantitative estimate of drug-likeness (QED) is 0.732. The van der Waals surface area contributed by atoms with Crippen molar-refractivity contribution in [2.45, 2.75) is 18.2 Å². The van der Waals surface area contributed by atoms with E-state index in [1.165, 1.54) is 18.8 Å². The van der Waals surface area contributed by atoms with Crippen molar-refractivity contribution < 1.29 is 4.74 Å². The van der Waals surface area contributed by atoms with Gasteiger partial charge in [-0.1, -0.05) is 6.92 Å². The summed E-state index contributed by atoms with van der Waals surface area (Å²) in [6.45, 7) is 6.55. The van der Waals surface area contributed by atoms with Crippen LogP contribution in [0.15, 0.2) is 0 Å². The lowest BCUT2D eigenvalue weighted by Gasteiger charge is -2.36.